The van der Waals surface area contributed by atoms with Crippen molar-refractivity contribution in [1.29, 1.82) is 0 Å². The quantitative estimate of drug-likeness (QED) is 0.107. The first kappa shape index (κ1) is 35.0. The smallest absolute Gasteiger partial charge is 0.491 e. The highest BCUT2D eigenvalue weighted by molar-refractivity contribution is 6.60. The summed E-state index contributed by atoms with van der Waals surface area (Å²) in [6.07, 6.45) is -2.84. The molecule has 0 unspecified atom stereocenters. The summed E-state index contributed by atoms with van der Waals surface area (Å²) in [5.41, 5.74) is -1.46. The van der Waals surface area contributed by atoms with Crippen LogP contribution in [0.3, 0.4) is 0 Å². The number of ether oxygens (including phenoxy) is 1. The monoisotopic (exact) mass is 717 g/mol. The standard InChI is InChI=1S/C38H30B2ClNO10/c41-24-15-17-25(18-16-24)42-37(47)50-21-38(52-40(49)23-11-5-2-6-12-23)19-28-30(29(20-38)51-39(48)22-9-3-1-4-10-22)36(46)32-31(35(28)45)33(43)26-13-7-8-14-27(26)34(32)44/h1-18,29,45-46,48-49H,19-21H2,(H,42,47)/t29-,38-/m0/s1. The van der Waals surface area contributed by atoms with E-state index in [0.29, 0.717) is 21.6 Å². The number of aromatic hydroxyl groups is 2. The molecule has 14 heteroatoms. The van der Waals surface area contributed by atoms with Crippen LogP contribution in [-0.2, 0) is 20.5 Å². The van der Waals surface area contributed by atoms with Crippen LogP contribution >= 0.6 is 11.6 Å². The summed E-state index contributed by atoms with van der Waals surface area (Å²) in [5.74, 6) is -2.61. The summed E-state index contributed by atoms with van der Waals surface area (Å²) in [6.45, 7) is -0.538. The van der Waals surface area contributed by atoms with Crippen molar-refractivity contribution in [3.8, 4) is 11.5 Å². The number of nitrogens with one attached hydrogen (secondary N) is 1. The largest absolute Gasteiger partial charge is 0.507 e. The molecule has 52 heavy (non-hydrogen) atoms. The molecule has 0 spiro atoms. The minimum Gasteiger partial charge on any atom is -0.507 e. The fourth-order valence-electron chi connectivity index (χ4n) is 6.75. The average molecular weight is 718 g/mol. The molecule has 0 radical (unpaired) electrons. The SMILES string of the molecule is O=C(Nc1ccc(Cl)cc1)OC[C@]1(OB(O)c2ccccc2)Cc2c(O)c3c(c(O)c2[C@@H](OB(O)c2ccccc2)C1)C(=O)c1ccccc1C3=O. The van der Waals surface area contributed by atoms with Crippen molar-refractivity contribution >= 4 is 60.1 Å². The molecule has 1 amide bonds. The molecule has 0 saturated heterocycles. The fraction of sp³-hybridized carbons (Fsp3) is 0.132. The van der Waals surface area contributed by atoms with Crippen LogP contribution in [-0.4, -0.2) is 64.4 Å². The Morgan fingerprint density at radius 1 is 0.769 bits per heavy atom. The molecule has 0 aromatic heterocycles. The summed E-state index contributed by atoms with van der Waals surface area (Å²) in [4.78, 5) is 40.7. The molecule has 7 rings (SSSR count). The van der Waals surface area contributed by atoms with Gasteiger partial charge in [0, 0.05) is 45.8 Å². The maximum absolute atomic E-state index is 13.8. The number of fused-ring (bicyclic) bond motifs is 3. The first-order valence-electron chi connectivity index (χ1n) is 16.3. The topological polar surface area (TPSA) is 172 Å². The second-order valence-corrected chi connectivity index (χ2v) is 13.0. The maximum atomic E-state index is 13.8. The van der Waals surface area contributed by atoms with E-state index in [0.717, 1.165) is 0 Å². The van der Waals surface area contributed by atoms with E-state index in [1.807, 2.05) is 0 Å². The third kappa shape index (κ3) is 6.68. The van der Waals surface area contributed by atoms with Gasteiger partial charge in [-0.05, 0) is 35.2 Å². The predicted molar refractivity (Wildman–Crippen MR) is 194 cm³/mol. The van der Waals surface area contributed by atoms with Gasteiger partial charge in [0.2, 0.25) is 0 Å². The van der Waals surface area contributed by atoms with Crippen molar-refractivity contribution in [2.24, 2.45) is 0 Å². The van der Waals surface area contributed by atoms with Gasteiger partial charge in [-0.15, -0.1) is 0 Å². The molecular weight excluding hydrogens is 687 g/mol. The molecule has 260 valence electrons. The molecule has 2 aliphatic rings. The van der Waals surface area contributed by atoms with E-state index < -0.39 is 72.8 Å². The van der Waals surface area contributed by atoms with Crippen LogP contribution in [0, 0.1) is 0 Å². The molecule has 11 nitrogen and oxygen atoms in total. The van der Waals surface area contributed by atoms with E-state index in [-0.39, 0.29) is 35.1 Å². The fourth-order valence-corrected chi connectivity index (χ4v) is 6.88. The number of halogens is 1. The highest BCUT2D eigenvalue weighted by atomic mass is 35.5. The van der Waals surface area contributed by atoms with Gasteiger partial charge in [-0.3, -0.25) is 14.9 Å². The molecular formula is C38H30B2ClNO10. The summed E-state index contributed by atoms with van der Waals surface area (Å²) < 4.78 is 18.2. The van der Waals surface area contributed by atoms with E-state index in [4.69, 9.17) is 25.6 Å². The van der Waals surface area contributed by atoms with Crippen molar-refractivity contribution in [3.05, 3.63) is 148 Å². The highest BCUT2D eigenvalue weighted by Crippen LogP contribution is 2.52. The van der Waals surface area contributed by atoms with Crippen molar-refractivity contribution in [3.63, 3.8) is 0 Å². The summed E-state index contributed by atoms with van der Waals surface area (Å²) >= 11 is 5.98. The number of carbonyl (C=O) groups excluding carboxylic acids is 3. The molecule has 0 aliphatic heterocycles. The van der Waals surface area contributed by atoms with Gasteiger partial charge >= 0.3 is 20.3 Å². The van der Waals surface area contributed by atoms with Gasteiger partial charge in [0.15, 0.2) is 11.6 Å². The number of ketones is 2. The van der Waals surface area contributed by atoms with E-state index in [1.54, 1.807) is 97.1 Å². The first-order chi connectivity index (χ1) is 25.0. The summed E-state index contributed by atoms with van der Waals surface area (Å²) in [7, 11) is -3.17. The maximum Gasteiger partial charge on any atom is 0.491 e. The zero-order chi connectivity index (χ0) is 36.6. The normalized spacial score (nSPS) is 17.4. The first-order valence-corrected chi connectivity index (χ1v) is 16.7. The number of carbonyl (C=O) groups is 3. The zero-order valence-corrected chi connectivity index (χ0v) is 28.1. The van der Waals surface area contributed by atoms with Gasteiger partial charge in [-0.1, -0.05) is 96.5 Å². The van der Waals surface area contributed by atoms with Gasteiger partial charge in [-0.25, -0.2) is 4.79 Å². The molecule has 5 aromatic rings. The number of anilines is 1. The Kier molecular flexibility index (Phi) is 9.62. The average Bonchev–Trinajstić information content (AvgIpc) is 3.16. The minimum atomic E-state index is -1.71. The molecule has 0 bridgehead atoms. The Hall–Kier alpha value is -5.43. The number of phenols is 2. The zero-order valence-electron chi connectivity index (χ0n) is 27.4. The van der Waals surface area contributed by atoms with Crippen molar-refractivity contribution in [2.45, 2.75) is 24.5 Å². The molecule has 5 aromatic carbocycles. The Bertz CT molecular complexity index is 2170. The number of hydrogen-bond acceptors (Lipinski definition) is 10. The van der Waals surface area contributed by atoms with Gasteiger partial charge in [0.25, 0.3) is 0 Å². The van der Waals surface area contributed by atoms with Crippen LogP contribution < -0.4 is 16.2 Å². The lowest BCUT2D eigenvalue weighted by atomic mass is 9.70. The third-order valence-electron chi connectivity index (χ3n) is 9.22. The van der Waals surface area contributed by atoms with Gasteiger partial charge in [0.05, 0.1) is 22.8 Å². The summed E-state index contributed by atoms with van der Waals surface area (Å²) in [5, 5.41) is 49.5. The number of phenolic OH excluding ortho intramolecular Hbond substituents is 2. The van der Waals surface area contributed by atoms with E-state index >= 15 is 0 Å². The van der Waals surface area contributed by atoms with Crippen LogP contribution in [0.2, 0.25) is 5.02 Å². The summed E-state index contributed by atoms with van der Waals surface area (Å²) in [6, 6.07) is 29.1. The van der Waals surface area contributed by atoms with Gasteiger partial charge in [0.1, 0.15) is 18.1 Å². The molecule has 0 saturated carbocycles. The van der Waals surface area contributed by atoms with E-state index in [1.165, 1.54) is 12.1 Å². The Labute approximate surface area is 303 Å². The van der Waals surface area contributed by atoms with Crippen molar-refractivity contribution in [1.82, 2.24) is 0 Å². The third-order valence-corrected chi connectivity index (χ3v) is 9.47. The van der Waals surface area contributed by atoms with Gasteiger partial charge in [-0.2, -0.15) is 0 Å². The van der Waals surface area contributed by atoms with E-state index in [2.05, 4.69) is 5.32 Å². The molecule has 2 atom stereocenters. The number of amides is 1. The predicted octanol–water partition coefficient (Wildman–Crippen LogP) is 4.31. The molecule has 2 aliphatic carbocycles. The van der Waals surface area contributed by atoms with Gasteiger partial charge < -0.3 is 34.3 Å². The van der Waals surface area contributed by atoms with Crippen molar-refractivity contribution in [2.75, 3.05) is 11.9 Å². The lowest BCUT2D eigenvalue weighted by molar-refractivity contribution is -0.0495. The molecule has 0 fully saturated rings. The van der Waals surface area contributed by atoms with E-state index in [9.17, 15) is 34.6 Å². The second kappa shape index (κ2) is 14.3. The molecule has 5 N–H and O–H groups in total. The van der Waals surface area contributed by atoms with Crippen LogP contribution in [0.1, 0.15) is 55.5 Å². The van der Waals surface area contributed by atoms with Crippen molar-refractivity contribution < 1.29 is 48.7 Å². The van der Waals surface area contributed by atoms with Crippen LogP contribution in [0.5, 0.6) is 11.5 Å². The molecule has 0 heterocycles. The number of hydrogen-bond donors (Lipinski definition) is 5. The number of benzene rings is 5. The van der Waals surface area contributed by atoms with Crippen LogP contribution in [0.4, 0.5) is 10.5 Å². The second-order valence-electron chi connectivity index (χ2n) is 12.6. The lowest BCUT2D eigenvalue weighted by Crippen LogP contribution is -2.53. The lowest BCUT2D eigenvalue weighted by Gasteiger charge is -2.43. The number of rotatable bonds is 9. The Morgan fingerprint density at radius 3 is 1.90 bits per heavy atom. The highest BCUT2D eigenvalue weighted by Gasteiger charge is 2.50. The van der Waals surface area contributed by atoms with Crippen LogP contribution in [0.15, 0.2) is 109 Å². The minimum absolute atomic E-state index is 0.0435. The Balaban J connectivity index is 1.34. The van der Waals surface area contributed by atoms with Crippen LogP contribution in [0.25, 0.3) is 0 Å². The Morgan fingerprint density at radius 2 is 1.31 bits per heavy atom.